The summed E-state index contributed by atoms with van der Waals surface area (Å²) in [7, 11) is 4.07. The molecule has 1 fully saturated rings. The van der Waals surface area contributed by atoms with Gasteiger partial charge in [0, 0.05) is 19.1 Å². The maximum absolute atomic E-state index is 12.6. The Hall–Kier alpha value is -1.59. The highest BCUT2D eigenvalue weighted by molar-refractivity contribution is 5.75. The number of amides is 2. The van der Waals surface area contributed by atoms with Crippen molar-refractivity contribution in [1.82, 2.24) is 15.1 Å². The van der Waals surface area contributed by atoms with Gasteiger partial charge in [0.25, 0.3) is 0 Å². The molecule has 24 heavy (non-hydrogen) atoms. The molecule has 0 saturated carbocycles. The first kappa shape index (κ1) is 18.7. The number of rotatable bonds is 6. The third-order valence-electron chi connectivity index (χ3n) is 4.86. The van der Waals surface area contributed by atoms with Crippen LogP contribution in [0.25, 0.3) is 0 Å². The van der Waals surface area contributed by atoms with Crippen LogP contribution >= 0.6 is 0 Å². The van der Waals surface area contributed by atoms with E-state index < -0.39 is 5.60 Å². The molecule has 5 heteroatoms. The van der Waals surface area contributed by atoms with E-state index in [9.17, 15) is 9.90 Å². The molecule has 0 bridgehead atoms. The number of likely N-dealkylation sites (tertiary alicyclic amines) is 1. The van der Waals surface area contributed by atoms with Crippen molar-refractivity contribution in [2.24, 2.45) is 0 Å². The SMILES string of the molecule is CN(C)[C@H](CNC(=O)N1CCC[C@@H]1C(C)(C)O)Cc1ccccc1. The molecule has 1 aromatic rings. The van der Waals surface area contributed by atoms with Gasteiger partial charge in [-0.2, -0.15) is 0 Å². The first-order valence-electron chi connectivity index (χ1n) is 8.76. The molecule has 2 atom stereocenters. The molecule has 5 nitrogen and oxygen atoms in total. The van der Waals surface area contributed by atoms with E-state index in [1.807, 2.05) is 32.3 Å². The summed E-state index contributed by atoms with van der Waals surface area (Å²) in [5.41, 5.74) is 0.403. The van der Waals surface area contributed by atoms with Gasteiger partial charge in [-0.3, -0.25) is 0 Å². The van der Waals surface area contributed by atoms with Crippen molar-refractivity contribution in [1.29, 1.82) is 0 Å². The Balaban J connectivity index is 1.93. The summed E-state index contributed by atoms with van der Waals surface area (Å²) in [5.74, 6) is 0. The number of urea groups is 1. The van der Waals surface area contributed by atoms with E-state index in [0.717, 1.165) is 19.3 Å². The minimum atomic E-state index is -0.862. The van der Waals surface area contributed by atoms with Crippen LogP contribution in [-0.4, -0.2) is 65.8 Å². The number of hydrogen-bond donors (Lipinski definition) is 2. The Morgan fingerprint density at radius 3 is 2.62 bits per heavy atom. The van der Waals surface area contributed by atoms with Crippen LogP contribution in [0.1, 0.15) is 32.3 Å². The maximum Gasteiger partial charge on any atom is 0.317 e. The Bertz CT molecular complexity index is 525. The van der Waals surface area contributed by atoms with Gasteiger partial charge in [-0.15, -0.1) is 0 Å². The van der Waals surface area contributed by atoms with E-state index in [-0.39, 0.29) is 18.1 Å². The Morgan fingerprint density at radius 2 is 2.04 bits per heavy atom. The average molecular weight is 333 g/mol. The number of likely N-dealkylation sites (N-methyl/N-ethyl adjacent to an activating group) is 1. The molecule has 0 spiro atoms. The number of nitrogens with one attached hydrogen (secondary N) is 1. The molecule has 0 aromatic heterocycles. The summed E-state index contributed by atoms with van der Waals surface area (Å²) < 4.78 is 0. The molecule has 1 aromatic carbocycles. The van der Waals surface area contributed by atoms with Crippen LogP contribution in [0.3, 0.4) is 0 Å². The minimum absolute atomic E-state index is 0.0699. The smallest absolute Gasteiger partial charge is 0.317 e. The Kier molecular flexibility index (Phi) is 6.24. The zero-order valence-electron chi connectivity index (χ0n) is 15.3. The Labute approximate surface area is 145 Å². The number of carbonyl (C=O) groups is 1. The highest BCUT2D eigenvalue weighted by atomic mass is 16.3. The standard InChI is InChI=1S/C19H31N3O2/c1-19(2,24)17-11-8-12-22(17)18(23)20-14-16(21(3)4)13-15-9-6-5-7-10-15/h5-7,9-10,16-17,24H,8,11-14H2,1-4H3,(H,20,23)/t16-,17+/m0/s1. The van der Waals surface area contributed by atoms with Gasteiger partial charge < -0.3 is 20.2 Å². The topological polar surface area (TPSA) is 55.8 Å². The fourth-order valence-electron chi connectivity index (χ4n) is 3.37. The highest BCUT2D eigenvalue weighted by Gasteiger charge is 2.38. The fraction of sp³-hybridized carbons (Fsp3) is 0.632. The van der Waals surface area contributed by atoms with Crippen LogP contribution in [0.15, 0.2) is 30.3 Å². The van der Waals surface area contributed by atoms with Crippen LogP contribution in [0.2, 0.25) is 0 Å². The van der Waals surface area contributed by atoms with E-state index in [1.165, 1.54) is 5.56 Å². The summed E-state index contributed by atoms with van der Waals surface area (Å²) in [6, 6.07) is 10.4. The van der Waals surface area contributed by atoms with E-state index in [0.29, 0.717) is 13.1 Å². The average Bonchev–Trinajstić information content (AvgIpc) is 3.01. The minimum Gasteiger partial charge on any atom is -0.388 e. The molecule has 2 amide bonds. The second-order valence-corrected chi connectivity index (χ2v) is 7.50. The van der Waals surface area contributed by atoms with Crippen molar-refractivity contribution < 1.29 is 9.90 Å². The molecular weight excluding hydrogens is 302 g/mol. The van der Waals surface area contributed by atoms with Crippen molar-refractivity contribution >= 4 is 6.03 Å². The lowest BCUT2D eigenvalue weighted by molar-refractivity contribution is 0.00967. The summed E-state index contributed by atoms with van der Waals surface area (Å²) >= 11 is 0. The third kappa shape index (κ3) is 4.95. The summed E-state index contributed by atoms with van der Waals surface area (Å²) in [5, 5.41) is 13.3. The van der Waals surface area contributed by atoms with E-state index >= 15 is 0 Å². The van der Waals surface area contributed by atoms with Crippen LogP contribution in [0.5, 0.6) is 0 Å². The van der Waals surface area contributed by atoms with Crippen molar-refractivity contribution in [3.63, 3.8) is 0 Å². The van der Waals surface area contributed by atoms with Gasteiger partial charge in [0.2, 0.25) is 0 Å². The van der Waals surface area contributed by atoms with Gasteiger partial charge in [-0.1, -0.05) is 30.3 Å². The molecule has 134 valence electrons. The van der Waals surface area contributed by atoms with Crippen molar-refractivity contribution in [2.75, 3.05) is 27.2 Å². The van der Waals surface area contributed by atoms with Crippen molar-refractivity contribution in [3.05, 3.63) is 35.9 Å². The normalized spacial score (nSPS) is 19.6. The summed E-state index contributed by atoms with van der Waals surface area (Å²) in [6.45, 7) is 4.87. The molecular formula is C19H31N3O2. The van der Waals surface area contributed by atoms with Gasteiger partial charge >= 0.3 is 6.03 Å². The first-order chi connectivity index (χ1) is 11.3. The van der Waals surface area contributed by atoms with Gasteiger partial charge in [0.1, 0.15) is 0 Å². The van der Waals surface area contributed by atoms with Gasteiger partial charge in [-0.05, 0) is 52.8 Å². The predicted octanol–water partition coefficient (Wildman–Crippen LogP) is 2.10. The summed E-state index contributed by atoms with van der Waals surface area (Å²) in [4.78, 5) is 16.5. The lowest BCUT2D eigenvalue weighted by Gasteiger charge is -2.34. The number of hydrogen-bond acceptors (Lipinski definition) is 3. The van der Waals surface area contributed by atoms with Crippen molar-refractivity contribution in [3.8, 4) is 0 Å². The zero-order valence-corrected chi connectivity index (χ0v) is 15.3. The first-order valence-corrected chi connectivity index (χ1v) is 8.76. The zero-order chi connectivity index (χ0) is 17.7. The molecule has 1 aliphatic rings. The van der Waals surface area contributed by atoms with Gasteiger partial charge in [0.05, 0.1) is 11.6 Å². The quantitative estimate of drug-likeness (QED) is 0.838. The highest BCUT2D eigenvalue weighted by Crippen LogP contribution is 2.26. The molecule has 2 rings (SSSR count). The third-order valence-corrected chi connectivity index (χ3v) is 4.86. The Morgan fingerprint density at radius 1 is 1.38 bits per heavy atom. The van der Waals surface area contributed by atoms with E-state index in [2.05, 4.69) is 22.3 Å². The summed E-state index contributed by atoms with van der Waals surface area (Å²) in [6.07, 6.45) is 2.70. The van der Waals surface area contributed by atoms with Crippen LogP contribution in [0.4, 0.5) is 4.79 Å². The maximum atomic E-state index is 12.6. The van der Waals surface area contributed by atoms with Gasteiger partial charge in [0.15, 0.2) is 0 Å². The largest absolute Gasteiger partial charge is 0.388 e. The molecule has 0 unspecified atom stereocenters. The van der Waals surface area contributed by atoms with E-state index in [4.69, 9.17) is 0 Å². The second kappa shape index (κ2) is 7.99. The lowest BCUT2D eigenvalue weighted by Crippen LogP contribution is -2.53. The van der Waals surface area contributed by atoms with Crippen molar-refractivity contribution in [2.45, 2.75) is 50.8 Å². The number of benzene rings is 1. The monoisotopic (exact) mass is 333 g/mol. The second-order valence-electron chi connectivity index (χ2n) is 7.50. The van der Waals surface area contributed by atoms with Crippen LogP contribution < -0.4 is 5.32 Å². The van der Waals surface area contributed by atoms with E-state index in [1.54, 1.807) is 18.7 Å². The molecule has 0 radical (unpaired) electrons. The van der Waals surface area contributed by atoms with Gasteiger partial charge in [-0.25, -0.2) is 4.79 Å². The predicted molar refractivity (Wildman–Crippen MR) is 97.0 cm³/mol. The molecule has 1 heterocycles. The number of aliphatic hydroxyl groups is 1. The molecule has 2 N–H and O–H groups in total. The molecule has 1 saturated heterocycles. The number of carbonyl (C=O) groups excluding carboxylic acids is 1. The fourth-order valence-corrected chi connectivity index (χ4v) is 3.37. The van der Waals surface area contributed by atoms with Crippen LogP contribution in [-0.2, 0) is 6.42 Å². The van der Waals surface area contributed by atoms with Crippen LogP contribution in [0, 0.1) is 0 Å². The number of nitrogens with zero attached hydrogens (tertiary/aromatic N) is 2. The lowest BCUT2D eigenvalue weighted by atomic mass is 9.97. The molecule has 0 aliphatic carbocycles. The molecule has 1 aliphatic heterocycles.